The standard InChI is InChI=1S/C10H18N4/c1-7-3-5-8(6-4-7)9-12-10(11)14(2)13-9/h7-8H,3-6H2,1-2H3,(H2,11,12,13). The third-order valence-corrected chi connectivity index (χ3v) is 3.19. The molecule has 1 fully saturated rings. The van der Waals surface area contributed by atoms with Crippen LogP contribution in [0.1, 0.15) is 44.3 Å². The Balaban J connectivity index is 2.08. The molecule has 0 unspecified atom stereocenters. The summed E-state index contributed by atoms with van der Waals surface area (Å²) in [7, 11) is 1.84. The van der Waals surface area contributed by atoms with Crippen molar-refractivity contribution in [2.45, 2.75) is 38.5 Å². The molecule has 4 heteroatoms. The molecule has 14 heavy (non-hydrogen) atoms. The third-order valence-electron chi connectivity index (χ3n) is 3.19. The van der Waals surface area contributed by atoms with Gasteiger partial charge in [0.05, 0.1) is 0 Å². The zero-order valence-electron chi connectivity index (χ0n) is 8.90. The van der Waals surface area contributed by atoms with Crippen LogP contribution in [0.25, 0.3) is 0 Å². The predicted molar refractivity (Wildman–Crippen MR) is 55.8 cm³/mol. The fourth-order valence-electron chi connectivity index (χ4n) is 2.11. The van der Waals surface area contributed by atoms with Crippen LogP contribution in [0, 0.1) is 5.92 Å². The van der Waals surface area contributed by atoms with E-state index < -0.39 is 0 Å². The first-order chi connectivity index (χ1) is 6.66. The fraction of sp³-hybridized carbons (Fsp3) is 0.800. The summed E-state index contributed by atoms with van der Waals surface area (Å²) in [5, 5.41) is 4.34. The number of hydrogen-bond donors (Lipinski definition) is 1. The second-order valence-electron chi connectivity index (χ2n) is 4.41. The molecular formula is C10H18N4. The SMILES string of the molecule is CC1CCC(c2nc(N)n(C)n2)CC1. The van der Waals surface area contributed by atoms with E-state index in [0.717, 1.165) is 11.7 Å². The summed E-state index contributed by atoms with van der Waals surface area (Å²) in [5.74, 6) is 2.87. The Morgan fingerprint density at radius 2 is 1.93 bits per heavy atom. The van der Waals surface area contributed by atoms with Crippen molar-refractivity contribution in [2.24, 2.45) is 13.0 Å². The van der Waals surface area contributed by atoms with Crippen molar-refractivity contribution >= 4 is 5.95 Å². The van der Waals surface area contributed by atoms with E-state index in [0.29, 0.717) is 11.9 Å². The highest BCUT2D eigenvalue weighted by Crippen LogP contribution is 2.33. The number of anilines is 1. The van der Waals surface area contributed by atoms with Crippen molar-refractivity contribution < 1.29 is 0 Å². The molecule has 1 aliphatic rings. The van der Waals surface area contributed by atoms with E-state index in [-0.39, 0.29) is 0 Å². The molecule has 2 N–H and O–H groups in total. The summed E-state index contributed by atoms with van der Waals surface area (Å²) in [4.78, 5) is 4.29. The number of aryl methyl sites for hydroxylation is 1. The Bertz CT molecular complexity index is 290. The van der Waals surface area contributed by atoms with Crippen molar-refractivity contribution in [3.63, 3.8) is 0 Å². The summed E-state index contributed by atoms with van der Waals surface area (Å²) < 4.78 is 1.66. The van der Waals surface area contributed by atoms with E-state index in [1.807, 2.05) is 7.05 Å². The smallest absolute Gasteiger partial charge is 0.218 e. The number of aromatic nitrogens is 3. The molecule has 1 aliphatic carbocycles. The molecular weight excluding hydrogens is 176 g/mol. The molecule has 1 saturated carbocycles. The molecule has 0 saturated heterocycles. The second kappa shape index (κ2) is 3.59. The van der Waals surface area contributed by atoms with Crippen molar-refractivity contribution in [3.8, 4) is 0 Å². The first-order valence-electron chi connectivity index (χ1n) is 5.33. The minimum atomic E-state index is 0.527. The van der Waals surface area contributed by atoms with Crippen molar-refractivity contribution in [1.29, 1.82) is 0 Å². The van der Waals surface area contributed by atoms with Crippen molar-refractivity contribution in [2.75, 3.05) is 5.73 Å². The zero-order chi connectivity index (χ0) is 10.1. The summed E-state index contributed by atoms with van der Waals surface area (Å²) in [5.41, 5.74) is 5.66. The molecule has 4 nitrogen and oxygen atoms in total. The number of nitrogens with two attached hydrogens (primary N) is 1. The Morgan fingerprint density at radius 1 is 1.29 bits per heavy atom. The van der Waals surface area contributed by atoms with Gasteiger partial charge in [0.25, 0.3) is 0 Å². The highest BCUT2D eigenvalue weighted by Gasteiger charge is 2.23. The minimum Gasteiger partial charge on any atom is -0.368 e. The topological polar surface area (TPSA) is 56.7 Å². The van der Waals surface area contributed by atoms with Crippen LogP contribution in [0.3, 0.4) is 0 Å². The Morgan fingerprint density at radius 3 is 2.43 bits per heavy atom. The van der Waals surface area contributed by atoms with Crippen LogP contribution in [0.15, 0.2) is 0 Å². The van der Waals surface area contributed by atoms with Gasteiger partial charge in [-0.2, -0.15) is 10.1 Å². The Hall–Kier alpha value is -1.06. The lowest BCUT2D eigenvalue weighted by molar-refractivity contribution is 0.339. The molecule has 0 aromatic carbocycles. The molecule has 2 rings (SSSR count). The van der Waals surface area contributed by atoms with E-state index in [1.165, 1.54) is 25.7 Å². The van der Waals surface area contributed by atoms with Crippen LogP contribution in [0.5, 0.6) is 0 Å². The number of rotatable bonds is 1. The fourth-order valence-corrected chi connectivity index (χ4v) is 2.11. The molecule has 0 spiro atoms. The lowest BCUT2D eigenvalue weighted by Crippen LogP contribution is -2.12. The molecule has 1 heterocycles. The molecule has 0 atom stereocenters. The average molecular weight is 194 g/mol. The van der Waals surface area contributed by atoms with Crippen LogP contribution in [-0.2, 0) is 7.05 Å². The number of hydrogen-bond acceptors (Lipinski definition) is 3. The van der Waals surface area contributed by atoms with E-state index in [4.69, 9.17) is 5.73 Å². The predicted octanol–water partition coefficient (Wildman–Crippen LogP) is 1.69. The normalized spacial score (nSPS) is 27.9. The summed E-state index contributed by atoms with van der Waals surface area (Å²) in [6.07, 6.45) is 5.01. The lowest BCUT2D eigenvalue weighted by Gasteiger charge is -2.23. The van der Waals surface area contributed by atoms with Crippen LogP contribution in [0.4, 0.5) is 5.95 Å². The van der Waals surface area contributed by atoms with Gasteiger partial charge in [-0.25, -0.2) is 4.68 Å². The largest absolute Gasteiger partial charge is 0.368 e. The summed E-state index contributed by atoms with van der Waals surface area (Å²) in [6, 6.07) is 0. The molecule has 1 aromatic heterocycles. The first-order valence-corrected chi connectivity index (χ1v) is 5.33. The molecule has 78 valence electrons. The maximum atomic E-state index is 5.66. The van der Waals surface area contributed by atoms with Crippen molar-refractivity contribution in [1.82, 2.24) is 14.8 Å². The van der Waals surface area contributed by atoms with E-state index >= 15 is 0 Å². The molecule has 0 radical (unpaired) electrons. The average Bonchev–Trinajstić information content (AvgIpc) is 2.48. The second-order valence-corrected chi connectivity index (χ2v) is 4.41. The Labute approximate surface area is 84.5 Å². The first kappa shape index (κ1) is 9.49. The van der Waals surface area contributed by atoms with Gasteiger partial charge in [0.15, 0.2) is 5.82 Å². The van der Waals surface area contributed by atoms with E-state index in [2.05, 4.69) is 17.0 Å². The molecule has 1 aromatic rings. The number of nitrogen functional groups attached to an aromatic ring is 1. The quantitative estimate of drug-likeness (QED) is 0.740. The highest BCUT2D eigenvalue weighted by atomic mass is 15.4. The third kappa shape index (κ3) is 1.74. The van der Waals surface area contributed by atoms with Gasteiger partial charge in [-0.1, -0.05) is 19.8 Å². The maximum absolute atomic E-state index is 5.66. The van der Waals surface area contributed by atoms with Gasteiger partial charge in [-0.3, -0.25) is 0 Å². The Kier molecular flexibility index (Phi) is 2.44. The molecule has 0 amide bonds. The van der Waals surface area contributed by atoms with Crippen LogP contribution < -0.4 is 5.73 Å². The molecule has 0 bridgehead atoms. The van der Waals surface area contributed by atoms with E-state index in [9.17, 15) is 0 Å². The van der Waals surface area contributed by atoms with Crippen LogP contribution in [-0.4, -0.2) is 14.8 Å². The van der Waals surface area contributed by atoms with Gasteiger partial charge < -0.3 is 5.73 Å². The zero-order valence-corrected chi connectivity index (χ0v) is 8.90. The summed E-state index contributed by atoms with van der Waals surface area (Å²) >= 11 is 0. The lowest BCUT2D eigenvalue weighted by atomic mass is 9.83. The van der Waals surface area contributed by atoms with Gasteiger partial charge in [0, 0.05) is 13.0 Å². The van der Waals surface area contributed by atoms with Crippen LogP contribution in [0.2, 0.25) is 0 Å². The van der Waals surface area contributed by atoms with Gasteiger partial charge in [-0.05, 0) is 18.8 Å². The van der Waals surface area contributed by atoms with Gasteiger partial charge >= 0.3 is 0 Å². The summed E-state index contributed by atoms with van der Waals surface area (Å²) in [6.45, 7) is 2.32. The van der Waals surface area contributed by atoms with Gasteiger partial charge in [-0.15, -0.1) is 0 Å². The molecule has 0 aliphatic heterocycles. The van der Waals surface area contributed by atoms with Gasteiger partial charge in [0.1, 0.15) is 0 Å². The van der Waals surface area contributed by atoms with Gasteiger partial charge in [0.2, 0.25) is 5.95 Å². The minimum absolute atomic E-state index is 0.527. The van der Waals surface area contributed by atoms with Crippen LogP contribution >= 0.6 is 0 Å². The monoisotopic (exact) mass is 194 g/mol. The van der Waals surface area contributed by atoms with Crippen molar-refractivity contribution in [3.05, 3.63) is 5.82 Å². The maximum Gasteiger partial charge on any atom is 0.218 e. The highest BCUT2D eigenvalue weighted by molar-refractivity contribution is 5.17. The number of nitrogens with zero attached hydrogens (tertiary/aromatic N) is 3. The van der Waals surface area contributed by atoms with E-state index in [1.54, 1.807) is 4.68 Å².